The molecule has 1 amide bonds. The molecule has 0 saturated heterocycles. The molecule has 0 spiro atoms. The van der Waals surface area contributed by atoms with Gasteiger partial charge in [-0.2, -0.15) is 0 Å². The average Bonchev–Trinajstić information content (AvgIpc) is 3.34. The van der Waals surface area contributed by atoms with Crippen LogP contribution < -0.4 is 4.90 Å². The number of anilines is 1. The molecule has 3 heterocycles. The quantitative estimate of drug-likeness (QED) is 0.401. The van der Waals surface area contributed by atoms with E-state index < -0.39 is 23.5 Å². The van der Waals surface area contributed by atoms with E-state index in [9.17, 15) is 14.7 Å². The van der Waals surface area contributed by atoms with Gasteiger partial charge in [0.2, 0.25) is 5.78 Å². The van der Waals surface area contributed by atoms with Gasteiger partial charge < -0.3 is 9.52 Å². The highest BCUT2D eigenvalue weighted by atomic mass is 79.9. The van der Waals surface area contributed by atoms with Crippen molar-refractivity contribution in [2.24, 2.45) is 0 Å². The lowest BCUT2D eigenvalue weighted by atomic mass is 9.95. The molecule has 1 aliphatic rings. The summed E-state index contributed by atoms with van der Waals surface area (Å²) < 4.78 is 6.57. The fourth-order valence-corrected chi connectivity index (χ4v) is 4.06. The maximum atomic E-state index is 13.5. The summed E-state index contributed by atoms with van der Waals surface area (Å²) in [7, 11) is 0. The lowest BCUT2D eigenvalue weighted by Gasteiger charge is -2.26. The van der Waals surface area contributed by atoms with Crippen LogP contribution in [0.2, 0.25) is 0 Å². The van der Waals surface area contributed by atoms with Gasteiger partial charge in [-0.15, -0.1) is 0 Å². The molecule has 152 valence electrons. The molecule has 1 atom stereocenters. The third kappa shape index (κ3) is 3.23. The van der Waals surface area contributed by atoms with Crippen LogP contribution in [0.4, 0.5) is 5.69 Å². The van der Waals surface area contributed by atoms with Crippen molar-refractivity contribution < 1.29 is 19.1 Å². The highest BCUT2D eigenvalue weighted by molar-refractivity contribution is 9.10. The van der Waals surface area contributed by atoms with Crippen molar-refractivity contribution in [1.82, 2.24) is 4.98 Å². The van der Waals surface area contributed by atoms with E-state index in [4.69, 9.17) is 4.42 Å². The largest absolute Gasteiger partial charge is 0.503 e. The van der Waals surface area contributed by atoms with Crippen LogP contribution in [0.15, 0.2) is 99.3 Å². The summed E-state index contributed by atoms with van der Waals surface area (Å²) in [4.78, 5) is 32.0. The number of aliphatic hydroxyl groups excluding tert-OH is 1. The van der Waals surface area contributed by atoms with Crippen LogP contribution in [0.3, 0.4) is 0 Å². The predicted molar refractivity (Wildman–Crippen MR) is 119 cm³/mol. The number of hydrogen-bond acceptors (Lipinski definition) is 5. The molecule has 1 N–H and O–H groups in total. The van der Waals surface area contributed by atoms with E-state index in [2.05, 4.69) is 20.9 Å². The number of benzene rings is 2. The van der Waals surface area contributed by atoms with E-state index in [1.165, 1.54) is 4.90 Å². The summed E-state index contributed by atoms with van der Waals surface area (Å²) >= 11 is 3.39. The zero-order valence-corrected chi connectivity index (χ0v) is 17.6. The summed E-state index contributed by atoms with van der Waals surface area (Å²) in [6.45, 7) is 0. The number of ketones is 1. The summed E-state index contributed by atoms with van der Waals surface area (Å²) in [6.07, 6.45) is 3.16. The van der Waals surface area contributed by atoms with Gasteiger partial charge in [-0.25, -0.2) is 0 Å². The number of amides is 1. The molecule has 1 aliphatic heterocycles. The zero-order chi connectivity index (χ0) is 21.5. The second-order valence-electron chi connectivity index (χ2n) is 7.07. The SMILES string of the molecule is O=C(C1=C(O)C(=O)N(c2ccc(Br)cc2)C1c1ccncc1)c1cc2ccccc2o1. The number of hydrogen-bond donors (Lipinski definition) is 1. The summed E-state index contributed by atoms with van der Waals surface area (Å²) in [5.41, 5.74) is 1.72. The van der Waals surface area contributed by atoms with Crippen molar-refractivity contribution in [3.63, 3.8) is 0 Å². The summed E-state index contributed by atoms with van der Waals surface area (Å²) in [6, 6.07) is 18.6. The minimum Gasteiger partial charge on any atom is -0.503 e. The molecule has 0 saturated carbocycles. The Bertz CT molecular complexity index is 1310. The first-order valence-electron chi connectivity index (χ1n) is 9.50. The molecular formula is C24H15BrN2O4. The number of carbonyl (C=O) groups is 2. The summed E-state index contributed by atoms with van der Waals surface area (Å²) in [5.74, 6) is -1.71. The number of Topliss-reactive ketones (excluding diaryl/α,β-unsaturated/α-hetero) is 1. The van der Waals surface area contributed by atoms with Gasteiger partial charge in [-0.3, -0.25) is 19.5 Å². The fraction of sp³-hybridized carbons (Fsp3) is 0.0417. The molecule has 0 fully saturated rings. The van der Waals surface area contributed by atoms with E-state index in [0.717, 1.165) is 9.86 Å². The van der Waals surface area contributed by atoms with Crippen molar-refractivity contribution in [2.75, 3.05) is 4.90 Å². The molecule has 2 aromatic heterocycles. The standard InChI is InChI=1S/C24H15BrN2O4/c25-16-5-7-17(8-6-16)27-21(14-9-11-26-12-10-14)20(23(29)24(27)30)22(28)19-13-15-3-1-2-4-18(15)31-19/h1-13,21,29H. The number of carbonyl (C=O) groups excluding carboxylic acids is 2. The molecule has 7 heteroatoms. The van der Waals surface area contributed by atoms with Gasteiger partial charge in [0.1, 0.15) is 5.58 Å². The predicted octanol–water partition coefficient (Wildman–Crippen LogP) is 5.37. The van der Waals surface area contributed by atoms with E-state index in [1.807, 2.05) is 18.2 Å². The lowest BCUT2D eigenvalue weighted by Crippen LogP contribution is -2.31. The Morgan fingerprint density at radius 3 is 2.45 bits per heavy atom. The van der Waals surface area contributed by atoms with Crippen molar-refractivity contribution in [3.8, 4) is 0 Å². The second kappa shape index (κ2) is 7.52. The number of nitrogens with zero attached hydrogens (tertiary/aromatic N) is 2. The first-order valence-corrected chi connectivity index (χ1v) is 10.3. The van der Waals surface area contributed by atoms with Gasteiger partial charge in [-0.05, 0) is 54.1 Å². The third-order valence-electron chi connectivity index (χ3n) is 5.23. The molecule has 2 aromatic carbocycles. The minimum atomic E-state index is -0.822. The molecule has 6 nitrogen and oxygen atoms in total. The number of furan rings is 1. The van der Waals surface area contributed by atoms with E-state index >= 15 is 0 Å². The smallest absolute Gasteiger partial charge is 0.294 e. The topological polar surface area (TPSA) is 83.6 Å². The maximum Gasteiger partial charge on any atom is 0.294 e. The molecular weight excluding hydrogens is 460 g/mol. The number of halogens is 1. The molecule has 5 rings (SSSR count). The van der Waals surface area contributed by atoms with Crippen LogP contribution in [0.1, 0.15) is 22.2 Å². The first kappa shape index (κ1) is 19.3. The average molecular weight is 475 g/mol. The van der Waals surface area contributed by atoms with Crippen molar-refractivity contribution in [1.29, 1.82) is 0 Å². The number of rotatable bonds is 4. The Hall–Kier alpha value is -3.71. The van der Waals surface area contributed by atoms with Crippen LogP contribution in [-0.4, -0.2) is 21.8 Å². The fourth-order valence-electron chi connectivity index (χ4n) is 3.79. The van der Waals surface area contributed by atoms with Crippen LogP contribution >= 0.6 is 15.9 Å². The van der Waals surface area contributed by atoms with Crippen LogP contribution in [-0.2, 0) is 4.79 Å². The highest BCUT2D eigenvalue weighted by Gasteiger charge is 2.45. The number of aliphatic hydroxyl groups is 1. The van der Waals surface area contributed by atoms with Crippen molar-refractivity contribution in [2.45, 2.75) is 6.04 Å². The lowest BCUT2D eigenvalue weighted by molar-refractivity contribution is -0.117. The number of para-hydroxylation sites is 1. The Morgan fingerprint density at radius 1 is 1.03 bits per heavy atom. The normalized spacial score (nSPS) is 16.4. The molecule has 0 bridgehead atoms. The molecule has 0 radical (unpaired) electrons. The molecule has 1 unspecified atom stereocenters. The van der Waals surface area contributed by atoms with Crippen LogP contribution in [0.25, 0.3) is 11.0 Å². The number of pyridine rings is 1. The molecule has 0 aliphatic carbocycles. The monoisotopic (exact) mass is 474 g/mol. The first-order chi connectivity index (χ1) is 15.0. The number of aromatic nitrogens is 1. The summed E-state index contributed by atoms with van der Waals surface area (Å²) in [5, 5.41) is 11.5. The highest BCUT2D eigenvalue weighted by Crippen LogP contribution is 2.42. The zero-order valence-electron chi connectivity index (χ0n) is 16.0. The Balaban J connectivity index is 1.65. The van der Waals surface area contributed by atoms with E-state index in [-0.39, 0.29) is 11.3 Å². The maximum absolute atomic E-state index is 13.5. The van der Waals surface area contributed by atoms with Gasteiger partial charge in [0.25, 0.3) is 5.91 Å². The van der Waals surface area contributed by atoms with Gasteiger partial charge in [0, 0.05) is 27.9 Å². The van der Waals surface area contributed by atoms with Crippen LogP contribution in [0, 0.1) is 0 Å². The Labute approximate surface area is 185 Å². The van der Waals surface area contributed by atoms with E-state index in [1.54, 1.807) is 60.9 Å². The molecule has 4 aromatic rings. The van der Waals surface area contributed by atoms with Gasteiger partial charge in [0.05, 0.1) is 11.6 Å². The van der Waals surface area contributed by atoms with Gasteiger partial charge in [-0.1, -0.05) is 34.1 Å². The third-order valence-corrected chi connectivity index (χ3v) is 5.76. The van der Waals surface area contributed by atoms with Crippen molar-refractivity contribution >= 4 is 44.3 Å². The number of fused-ring (bicyclic) bond motifs is 1. The molecule has 31 heavy (non-hydrogen) atoms. The Kier molecular flexibility index (Phi) is 4.67. The van der Waals surface area contributed by atoms with Crippen molar-refractivity contribution in [3.05, 3.63) is 106 Å². The van der Waals surface area contributed by atoms with E-state index in [0.29, 0.717) is 16.8 Å². The van der Waals surface area contributed by atoms with Gasteiger partial charge in [0.15, 0.2) is 11.5 Å². The second-order valence-corrected chi connectivity index (χ2v) is 7.99. The Morgan fingerprint density at radius 2 is 1.74 bits per heavy atom. The van der Waals surface area contributed by atoms with Crippen LogP contribution in [0.5, 0.6) is 0 Å². The van der Waals surface area contributed by atoms with Gasteiger partial charge >= 0.3 is 0 Å². The minimum absolute atomic E-state index is 0.0295.